The lowest BCUT2D eigenvalue weighted by molar-refractivity contribution is 0.544. The molecule has 0 aliphatic carbocycles. The third kappa shape index (κ3) is 3.82. The first-order valence-corrected chi connectivity index (χ1v) is 6.89. The number of nitrogens with zero attached hydrogens (tertiary/aromatic N) is 2. The van der Waals surface area contributed by atoms with Crippen LogP contribution in [0.5, 0.6) is 0 Å². The Morgan fingerprint density at radius 3 is 2.84 bits per heavy atom. The summed E-state index contributed by atoms with van der Waals surface area (Å²) in [6.07, 6.45) is 2.90. The minimum Gasteiger partial charge on any atom is -0.310 e. The van der Waals surface area contributed by atoms with Crippen molar-refractivity contribution in [3.05, 3.63) is 52.3 Å². The molecule has 1 aromatic carbocycles. The van der Waals surface area contributed by atoms with Crippen LogP contribution < -0.4 is 5.32 Å². The van der Waals surface area contributed by atoms with Gasteiger partial charge in [-0.05, 0) is 38.0 Å². The van der Waals surface area contributed by atoms with E-state index >= 15 is 0 Å². The predicted molar refractivity (Wildman–Crippen MR) is 79.4 cm³/mol. The summed E-state index contributed by atoms with van der Waals surface area (Å²) in [5, 5.41) is 8.57. The van der Waals surface area contributed by atoms with E-state index in [0.717, 1.165) is 18.0 Å². The zero-order valence-electron chi connectivity index (χ0n) is 11.7. The predicted octanol–water partition coefficient (Wildman–Crippen LogP) is 3.10. The number of halogens is 1. The van der Waals surface area contributed by atoms with Gasteiger partial charge in [-0.2, -0.15) is 5.10 Å². The van der Waals surface area contributed by atoms with Crippen LogP contribution in [0.25, 0.3) is 0 Å². The van der Waals surface area contributed by atoms with Crippen LogP contribution in [0.2, 0.25) is 5.02 Å². The Bertz CT molecular complexity index is 548. The number of nitrogens with one attached hydrogen (secondary N) is 1. The van der Waals surface area contributed by atoms with Gasteiger partial charge in [0.15, 0.2) is 0 Å². The van der Waals surface area contributed by atoms with Crippen molar-refractivity contribution in [3.63, 3.8) is 0 Å². The molecule has 0 radical (unpaired) electrons. The Morgan fingerprint density at radius 1 is 1.42 bits per heavy atom. The zero-order chi connectivity index (χ0) is 13.8. The molecule has 4 heteroatoms. The Morgan fingerprint density at radius 2 is 2.21 bits per heavy atom. The normalized spacial score (nSPS) is 12.6. The summed E-state index contributed by atoms with van der Waals surface area (Å²) >= 11 is 5.99. The average Bonchev–Trinajstić information content (AvgIpc) is 2.68. The average molecular weight is 278 g/mol. The Hall–Kier alpha value is -1.32. The fourth-order valence-corrected chi connectivity index (χ4v) is 2.30. The second-order valence-electron chi connectivity index (χ2n) is 4.99. The summed E-state index contributed by atoms with van der Waals surface area (Å²) in [7, 11) is 1.97. The third-order valence-corrected chi connectivity index (χ3v) is 3.64. The lowest BCUT2D eigenvalue weighted by Crippen LogP contribution is -2.27. The molecule has 1 N–H and O–H groups in total. The van der Waals surface area contributed by atoms with E-state index < -0.39 is 0 Å². The highest BCUT2D eigenvalue weighted by Crippen LogP contribution is 2.12. The quantitative estimate of drug-likeness (QED) is 0.910. The molecular formula is C15H20ClN3. The maximum absolute atomic E-state index is 5.99. The Labute approximate surface area is 119 Å². The summed E-state index contributed by atoms with van der Waals surface area (Å²) in [6.45, 7) is 5.12. The fourth-order valence-electron chi connectivity index (χ4n) is 2.09. The highest BCUT2D eigenvalue weighted by atomic mass is 35.5. The van der Waals surface area contributed by atoms with E-state index in [2.05, 4.69) is 30.3 Å². The van der Waals surface area contributed by atoms with Gasteiger partial charge < -0.3 is 5.32 Å². The SMILES string of the molecule is Cc1c(CNC(C)Cc2cccc(Cl)c2)cnn1C. The van der Waals surface area contributed by atoms with Crippen molar-refractivity contribution in [2.75, 3.05) is 0 Å². The number of aromatic nitrogens is 2. The van der Waals surface area contributed by atoms with Crippen molar-refractivity contribution < 1.29 is 0 Å². The first-order chi connectivity index (χ1) is 9.06. The molecule has 0 bridgehead atoms. The number of hydrogen-bond donors (Lipinski definition) is 1. The van der Waals surface area contributed by atoms with E-state index in [4.69, 9.17) is 11.6 Å². The molecule has 0 aliphatic rings. The molecule has 1 unspecified atom stereocenters. The van der Waals surface area contributed by atoms with Gasteiger partial charge >= 0.3 is 0 Å². The largest absolute Gasteiger partial charge is 0.310 e. The van der Waals surface area contributed by atoms with Crippen LogP contribution >= 0.6 is 11.6 Å². The summed E-state index contributed by atoms with van der Waals surface area (Å²) in [4.78, 5) is 0. The van der Waals surface area contributed by atoms with Crippen LogP contribution in [0.1, 0.15) is 23.7 Å². The van der Waals surface area contributed by atoms with Crippen LogP contribution in [-0.4, -0.2) is 15.8 Å². The van der Waals surface area contributed by atoms with Gasteiger partial charge in [0.2, 0.25) is 0 Å². The van der Waals surface area contributed by atoms with Crippen molar-refractivity contribution in [1.82, 2.24) is 15.1 Å². The molecule has 2 rings (SSSR count). The summed E-state index contributed by atoms with van der Waals surface area (Å²) in [5.41, 5.74) is 3.72. The van der Waals surface area contributed by atoms with Gasteiger partial charge in [0.1, 0.15) is 0 Å². The van der Waals surface area contributed by atoms with Gasteiger partial charge in [0, 0.05) is 35.9 Å². The minimum atomic E-state index is 0.401. The van der Waals surface area contributed by atoms with Crippen LogP contribution in [0.3, 0.4) is 0 Å². The molecule has 1 heterocycles. The van der Waals surface area contributed by atoms with Gasteiger partial charge in [-0.15, -0.1) is 0 Å². The van der Waals surface area contributed by atoms with Gasteiger partial charge in [-0.25, -0.2) is 0 Å². The van der Waals surface area contributed by atoms with Gasteiger partial charge in [0.25, 0.3) is 0 Å². The molecule has 102 valence electrons. The minimum absolute atomic E-state index is 0.401. The van der Waals surface area contributed by atoms with Crippen molar-refractivity contribution >= 4 is 11.6 Å². The second-order valence-corrected chi connectivity index (χ2v) is 5.43. The van der Waals surface area contributed by atoms with Crippen molar-refractivity contribution in [2.45, 2.75) is 32.9 Å². The maximum atomic E-state index is 5.99. The molecule has 1 atom stereocenters. The summed E-state index contributed by atoms with van der Waals surface area (Å²) < 4.78 is 1.90. The van der Waals surface area contributed by atoms with Crippen LogP contribution in [-0.2, 0) is 20.0 Å². The monoisotopic (exact) mass is 277 g/mol. The fraction of sp³-hybridized carbons (Fsp3) is 0.400. The molecule has 19 heavy (non-hydrogen) atoms. The van der Waals surface area contributed by atoms with Gasteiger partial charge in [0.05, 0.1) is 6.20 Å². The standard InChI is InChI=1S/C15H20ClN3/c1-11(7-13-5-4-6-15(16)8-13)17-9-14-10-18-19(3)12(14)2/h4-6,8,10-11,17H,7,9H2,1-3H3. The first kappa shape index (κ1) is 14.1. The van der Waals surface area contributed by atoms with Crippen LogP contribution in [0, 0.1) is 6.92 Å². The maximum Gasteiger partial charge on any atom is 0.0537 e. The number of benzene rings is 1. The molecule has 0 aliphatic heterocycles. The molecule has 0 amide bonds. The number of rotatable bonds is 5. The molecule has 0 spiro atoms. The van der Waals surface area contributed by atoms with Crippen molar-refractivity contribution in [2.24, 2.45) is 7.05 Å². The summed E-state index contributed by atoms with van der Waals surface area (Å²) in [6, 6.07) is 8.43. The Balaban J connectivity index is 1.88. The van der Waals surface area contributed by atoms with Gasteiger partial charge in [-0.1, -0.05) is 23.7 Å². The van der Waals surface area contributed by atoms with E-state index in [1.165, 1.54) is 16.8 Å². The lowest BCUT2D eigenvalue weighted by atomic mass is 10.1. The Kier molecular flexibility index (Phi) is 4.61. The molecule has 0 fully saturated rings. The van der Waals surface area contributed by atoms with Crippen LogP contribution in [0.15, 0.2) is 30.5 Å². The van der Waals surface area contributed by atoms with E-state index in [1.54, 1.807) is 0 Å². The topological polar surface area (TPSA) is 29.9 Å². The van der Waals surface area contributed by atoms with Crippen molar-refractivity contribution in [3.8, 4) is 0 Å². The second kappa shape index (κ2) is 6.22. The van der Waals surface area contributed by atoms with Crippen LogP contribution in [0.4, 0.5) is 0 Å². The highest BCUT2D eigenvalue weighted by molar-refractivity contribution is 6.30. The molecule has 3 nitrogen and oxygen atoms in total. The molecule has 1 aromatic heterocycles. The molecule has 2 aromatic rings. The van der Waals surface area contributed by atoms with E-state index in [-0.39, 0.29) is 0 Å². The van der Waals surface area contributed by atoms with Crippen molar-refractivity contribution in [1.29, 1.82) is 0 Å². The highest BCUT2D eigenvalue weighted by Gasteiger charge is 2.07. The molecule has 0 saturated heterocycles. The lowest BCUT2D eigenvalue weighted by Gasteiger charge is -2.14. The molecular weight excluding hydrogens is 258 g/mol. The van der Waals surface area contributed by atoms with E-state index in [0.29, 0.717) is 6.04 Å². The number of aryl methyl sites for hydroxylation is 1. The smallest absolute Gasteiger partial charge is 0.0537 e. The first-order valence-electron chi connectivity index (χ1n) is 6.51. The third-order valence-electron chi connectivity index (χ3n) is 3.41. The zero-order valence-corrected chi connectivity index (χ0v) is 12.4. The molecule has 0 saturated carbocycles. The van der Waals surface area contributed by atoms with E-state index in [9.17, 15) is 0 Å². The summed E-state index contributed by atoms with van der Waals surface area (Å²) in [5.74, 6) is 0. The van der Waals surface area contributed by atoms with Gasteiger partial charge in [-0.3, -0.25) is 4.68 Å². The number of hydrogen-bond acceptors (Lipinski definition) is 2. The van der Waals surface area contributed by atoms with E-state index in [1.807, 2.05) is 36.1 Å².